The van der Waals surface area contributed by atoms with Gasteiger partial charge < -0.3 is 0 Å². The first kappa shape index (κ1) is 7.87. The molecule has 0 amide bonds. The van der Waals surface area contributed by atoms with Gasteiger partial charge in [-0.25, -0.2) is 9.59 Å². The molecule has 3 aliphatic rings. The smallest absolute Gasteiger partial charge is 0.211 e. The molecule has 0 aromatic rings. The van der Waals surface area contributed by atoms with Crippen molar-refractivity contribution in [2.75, 3.05) is 0 Å². The summed E-state index contributed by atoms with van der Waals surface area (Å²) in [5.41, 5.74) is 0.486. The maximum Gasteiger partial charge on any atom is 0.235 e. The van der Waals surface area contributed by atoms with Gasteiger partial charge >= 0.3 is 0 Å². The van der Waals surface area contributed by atoms with Gasteiger partial charge in [-0.05, 0) is 5.57 Å². The van der Waals surface area contributed by atoms with Crippen molar-refractivity contribution in [2.24, 2.45) is 9.98 Å². The van der Waals surface area contributed by atoms with E-state index in [0.29, 0.717) is 6.42 Å². The summed E-state index contributed by atoms with van der Waals surface area (Å²) in [6.45, 7) is 0. The molecule has 64 valence electrons. The summed E-state index contributed by atoms with van der Waals surface area (Å²) in [7, 11) is 0. The fraction of sp³-hybridized carbons (Fsp3) is 0.333. The zero-order valence-electron chi connectivity index (χ0n) is 6.73. The van der Waals surface area contributed by atoms with Crippen molar-refractivity contribution >= 4 is 12.2 Å². The lowest BCUT2D eigenvalue weighted by Gasteiger charge is -2.40. The van der Waals surface area contributed by atoms with Crippen molar-refractivity contribution in [1.82, 2.24) is 0 Å². The second kappa shape index (κ2) is 2.63. The summed E-state index contributed by atoms with van der Waals surface area (Å²) in [6, 6.07) is -0.385. The fourth-order valence-electron chi connectivity index (χ4n) is 1.73. The third kappa shape index (κ3) is 1.01. The number of rotatable bonds is 2. The Morgan fingerprint density at radius 1 is 1.46 bits per heavy atom. The van der Waals surface area contributed by atoms with Gasteiger partial charge in [0.05, 0.1) is 0 Å². The van der Waals surface area contributed by atoms with Crippen molar-refractivity contribution < 1.29 is 9.59 Å². The van der Waals surface area contributed by atoms with Crippen LogP contribution in [0.3, 0.4) is 0 Å². The molecular weight excluding hydrogens is 168 g/mol. The third-order valence-corrected chi connectivity index (χ3v) is 2.37. The van der Waals surface area contributed by atoms with Gasteiger partial charge in [0.2, 0.25) is 12.2 Å². The number of hydrogen-bond donors (Lipinski definition) is 0. The molecular formula is C9H6N2O2. The van der Waals surface area contributed by atoms with E-state index >= 15 is 0 Å². The molecule has 0 aliphatic heterocycles. The number of hydrogen-bond acceptors (Lipinski definition) is 4. The maximum absolute atomic E-state index is 10.2. The number of aliphatic imine (C=N–C) groups is 2. The molecule has 0 aromatic carbocycles. The lowest BCUT2D eigenvalue weighted by molar-refractivity contribution is 0.414. The predicted molar refractivity (Wildman–Crippen MR) is 44.6 cm³/mol. The van der Waals surface area contributed by atoms with Crippen molar-refractivity contribution in [2.45, 2.75) is 18.0 Å². The largest absolute Gasteiger partial charge is 0.235 e. The molecule has 0 spiro atoms. The van der Waals surface area contributed by atoms with Gasteiger partial charge in [0, 0.05) is 6.42 Å². The molecule has 4 nitrogen and oxygen atoms in total. The number of allylic oxidation sites excluding steroid dienone is 1. The van der Waals surface area contributed by atoms with Crippen molar-refractivity contribution in [1.29, 1.82) is 0 Å². The van der Waals surface area contributed by atoms with Gasteiger partial charge in [-0.3, -0.25) is 0 Å². The highest BCUT2D eigenvalue weighted by Crippen LogP contribution is 2.43. The molecule has 0 fully saturated rings. The van der Waals surface area contributed by atoms with Crippen LogP contribution in [0.25, 0.3) is 0 Å². The van der Waals surface area contributed by atoms with Crippen LogP contribution in [0.4, 0.5) is 0 Å². The Kier molecular flexibility index (Phi) is 1.59. The standard InChI is InChI=1S/C9H6N2O2/c12-5-10-8-2-1-7-3-9(8,4-7)11-6-13/h1-3,8H,4H2. The molecule has 3 rings (SSSR count). The highest BCUT2D eigenvalue weighted by atomic mass is 16.1. The molecule has 0 saturated carbocycles. The molecule has 0 aromatic heterocycles. The zero-order chi connectivity index (χ0) is 9.31. The molecule has 2 atom stereocenters. The van der Waals surface area contributed by atoms with E-state index in [-0.39, 0.29) is 6.04 Å². The Morgan fingerprint density at radius 3 is 2.85 bits per heavy atom. The number of nitrogens with zero attached hydrogens (tertiary/aromatic N) is 2. The summed E-state index contributed by atoms with van der Waals surface area (Å²) in [6.07, 6.45) is 9.13. The average Bonchev–Trinajstić information content (AvgIpc) is 2.06. The van der Waals surface area contributed by atoms with Crippen molar-refractivity contribution in [3.8, 4) is 0 Å². The van der Waals surface area contributed by atoms with Crippen LogP contribution >= 0.6 is 0 Å². The summed E-state index contributed by atoms with van der Waals surface area (Å²) in [5.74, 6) is 0. The van der Waals surface area contributed by atoms with E-state index in [1.54, 1.807) is 6.08 Å². The van der Waals surface area contributed by atoms with Gasteiger partial charge in [-0.1, -0.05) is 18.2 Å². The van der Waals surface area contributed by atoms with Crippen LogP contribution in [-0.2, 0) is 9.59 Å². The van der Waals surface area contributed by atoms with Crippen LogP contribution in [0.5, 0.6) is 0 Å². The molecule has 0 radical (unpaired) electrons. The minimum absolute atomic E-state index is 0.385. The molecule has 2 unspecified atom stereocenters. The van der Waals surface area contributed by atoms with E-state index in [9.17, 15) is 9.59 Å². The second-order valence-electron chi connectivity index (χ2n) is 3.11. The molecule has 0 saturated heterocycles. The topological polar surface area (TPSA) is 58.9 Å². The highest BCUT2D eigenvalue weighted by Gasteiger charge is 2.45. The second-order valence-corrected chi connectivity index (χ2v) is 3.11. The number of fused-ring (bicyclic) bond motifs is 1. The summed E-state index contributed by atoms with van der Waals surface area (Å²) < 4.78 is 0. The predicted octanol–water partition coefficient (Wildman–Crippen LogP) is 0.665. The van der Waals surface area contributed by atoms with Crippen LogP contribution in [0, 0.1) is 0 Å². The van der Waals surface area contributed by atoms with Gasteiger partial charge in [0.25, 0.3) is 0 Å². The molecule has 4 heteroatoms. The SMILES string of the molecule is O=C=NC1C=CC2=CC1(N=C=O)C2. The minimum atomic E-state index is -0.636. The van der Waals surface area contributed by atoms with Crippen molar-refractivity contribution in [3.63, 3.8) is 0 Å². The lowest BCUT2D eigenvalue weighted by atomic mass is 9.70. The van der Waals surface area contributed by atoms with Gasteiger partial charge in [-0.2, -0.15) is 9.98 Å². The zero-order valence-corrected chi connectivity index (χ0v) is 6.73. The van der Waals surface area contributed by atoms with Gasteiger partial charge in [0.1, 0.15) is 11.6 Å². The maximum atomic E-state index is 10.2. The van der Waals surface area contributed by atoms with E-state index in [1.165, 1.54) is 12.2 Å². The van der Waals surface area contributed by atoms with E-state index in [1.807, 2.05) is 12.2 Å². The van der Waals surface area contributed by atoms with Crippen LogP contribution in [-0.4, -0.2) is 23.7 Å². The van der Waals surface area contributed by atoms with Crippen LogP contribution in [0.1, 0.15) is 6.42 Å². The molecule has 13 heavy (non-hydrogen) atoms. The van der Waals surface area contributed by atoms with E-state index in [4.69, 9.17) is 0 Å². The monoisotopic (exact) mass is 174 g/mol. The van der Waals surface area contributed by atoms with Crippen LogP contribution in [0.2, 0.25) is 0 Å². The average molecular weight is 174 g/mol. The molecule has 2 bridgehead atoms. The van der Waals surface area contributed by atoms with Gasteiger partial charge in [0.15, 0.2) is 0 Å². The summed E-state index contributed by atoms with van der Waals surface area (Å²) >= 11 is 0. The van der Waals surface area contributed by atoms with Crippen LogP contribution < -0.4 is 0 Å². The summed E-state index contributed by atoms with van der Waals surface area (Å²) in [5, 5.41) is 0. The molecule has 0 heterocycles. The lowest BCUT2D eigenvalue weighted by Crippen LogP contribution is -2.45. The van der Waals surface area contributed by atoms with Crippen molar-refractivity contribution in [3.05, 3.63) is 23.8 Å². The quantitative estimate of drug-likeness (QED) is 0.456. The van der Waals surface area contributed by atoms with Gasteiger partial charge in [-0.15, -0.1) is 0 Å². The normalized spacial score (nSPS) is 33.5. The first-order valence-corrected chi connectivity index (χ1v) is 3.87. The Labute approximate surface area is 74.4 Å². The van der Waals surface area contributed by atoms with E-state index in [0.717, 1.165) is 5.57 Å². The number of isocyanates is 2. The first-order chi connectivity index (χ1) is 6.30. The molecule has 3 aliphatic carbocycles. The van der Waals surface area contributed by atoms with E-state index < -0.39 is 5.54 Å². The third-order valence-electron chi connectivity index (χ3n) is 2.37. The Morgan fingerprint density at radius 2 is 2.23 bits per heavy atom. The first-order valence-electron chi connectivity index (χ1n) is 3.87. The Hall–Kier alpha value is -1.76. The fourth-order valence-corrected chi connectivity index (χ4v) is 1.73. The Balaban J connectivity index is 2.39. The minimum Gasteiger partial charge on any atom is -0.211 e. The highest BCUT2D eigenvalue weighted by molar-refractivity contribution is 5.52. The van der Waals surface area contributed by atoms with E-state index in [2.05, 4.69) is 9.98 Å². The van der Waals surface area contributed by atoms with Crippen LogP contribution in [0.15, 0.2) is 33.8 Å². The Bertz CT molecular complexity index is 398. The molecule has 0 N–H and O–H groups in total. The number of carbonyl (C=O) groups excluding carboxylic acids is 2. The summed E-state index contributed by atoms with van der Waals surface area (Å²) in [4.78, 5) is 27.5.